The van der Waals surface area contributed by atoms with E-state index >= 15 is 0 Å². The Balaban J connectivity index is 1.62. The third kappa shape index (κ3) is 2.91. The normalized spacial score (nSPS) is 16.1. The lowest BCUT2D eigenvalue weighted by atomic mass is 9.96. The minimum Gasteiger partial charge on any atom is -0.358 e. The molecule has 2 N–H and O–H groups in total. The van der Waals surface area contributed by atoms with Crippen molar-refractivity contribution in [3.63, 3.8) is 0 Å². The first kappa shape index (κ1) is 17.6. The van der Waals surface area contributed by atoms with Crippen molar-refractivity contribution in [3.8, 4) is 0 Å². The highest BCUT2D eigenvalue weighted by Gasteiger charge is 2.28. The smallest absolute Gasteiger partial charge is 0.327 e. The molecule has 1 unspecified atom stereocenters. The monoisotopic (exact) mass is 405 g/mol. The van der Waals surface area contributed by atoms with E-state index in [4.69, 9.17) is 11.6 Å². The molecule has 0 aliphatic carbocycles. The number of aliphatic imine (C=N–C) groups is 1. The predicted octanol–water partition coefficient (Wildman–Crippen LogP) is 3.18. The van der Waals surface area contributed by atoms with Crippen molar-refractivity contribution in [2.45, 2.75) is 19.5 Å². The van der Waals surface area contributed by atoms with Gasteiger partial charge in [-0.05, 0) is 36.8 Å². The lowest BCUT2D eigenvalue weighted by molar-refractivity contribution is 0.0962. The Morgan fingerprint density at radius 3 is 2.76 bits per heavy atom. The summed E-state index contributed by atoms with van der Waals surface area (Å²) in [7, 11) is 0. The van der Waals surface area contributed by atoms with Crippen LogP contribution >= 0.6 is 11.6 Å². The Morgan fingerprint density at radius 2 is 1.97 bits per heavy atom. The van der Waals surface area contributed by atoms with Gasteiger partial charge in [-0.25, -0.2) is 9.78 Å². The molecule has 0 saturated carbocycles. The van der Waals surface area contributed by atoms with Crippen molar-refractivity contribution < 1.29 is 4.79 Å². The predicted molar refractivity (Wildman–Crippen MR) is 111 cm³/mol. The molecule has 1 aliphatic rings. The second-order valence-electron chi connectivity index (χ2n) is 7.02. The highest BCUT2D eigenvalue weighted by molar-refractivity contribution is 6.30. The van der Waals surface area contributed by atoms with E-state index in [0.717, 1.165) is 16.7 Å². The van der Waals surface area contributed by atoms with E-state index < -0.39 is 6.04 Å². The van der Waals surface area contributed by atoms with Gasteiger partial charge in [0.25, 0.3) is 0 Å². The fraction of sp³-hybridized carbons (Fsp3) is 0.143. The van der Waals surface area contributed by atoms with Crippen LogP contribution in [0.15, 0.2) is 58.6 Å². The Bertz CT molecular complexity index is 1340. The molecule has 5 rings (SSSR count). The van der Waals surface area contributed by atoms with Gasteiger partial charge in [-0.3, -0.25) is 19.3 Å². The summed E-state index contributed by atoms with van der Waals surface area (Å²) < 4.78 is 1.63. The van der Waals surface area contributed by atoms with E-state index in [0.29, 0.717) is 34.1 Å². The largest absolute Gasteiger partial charge is 0.358 e. The van der Waals surface area contributed by atoms with E-state index in [1.165, 1.54) is 0 Å². The molecule has 3 aromatic heterocycles. The maximum atomic E-state index is 12.5. The maximum Gasteiger partial charge on any atom is 0.327 e. The minimum atomic E-state index is -0.477. The van der Waals surface area contributed by atoms with Crippen LogP contribution in [0, 0.1) is 0 Å². The van der Waals surface area contributed by atoms with Gasteiger partial charge in [0, 0.05) is 28.5 Å². The van der Waals surface area contributed by atoms with Crippen molar-refractivity contribution in [3.05, 3.63) is 86.7 Å². The fourth-order valence-electron chi connectivity index (χ4n) is 3.62. The van der Waals surface area contributed by atoms with E-state index in [1.807, 2.05) is 24.3 Å². The summed E-state index contributed by atoms with van der Waals surface area (Å²) in [5.41, 5.74) is 4.62. The van der Waals surface area contributed by atoms with Gasteiger partial charge in [0.05, 0.1) is 23.5 Å². The second-order valence-corrected chi connectivity index (χ2v) is 7.46. The number of rotatable bonds is 3. The number of nitrogens with one attached hydrogen (secondary N) is 2. The first-order valence-corrected chi connectivity index (χ1v) is 9.52. The number of fused-ring (bicyclic) bond motifs is 2. The summed E-state index contributed by atoms with van der Waals surface area (Å²) in [6.07, 6.45) is 3.40. The Hall–Kier alpha value is -3.45. The number of pyridine rings is 1. The van der Waals surface area contributed by atoms with Crippen LogP contribution in [0.1, 0.15) is 34.1 Å². The molecule has 0 saturated heterocycles. The lowest BCUT2D eigenvalue weighted by Gasteiger charge is -2.17. The Labute approximate surface area is 170 Å². The number of halogens is 1. The van der Waals surface area contributed by atoms with E-state index in [1.54, 1.807) is 36.0 Å². The van der Waals surface area contributed by atoms with Crippen molar-refractivity contribution in [1.29, 1.82) is 0 Å². The van der Waals surface area contributed by atoms with Gasteiger partial charge in [0.15, 0.2) is 5.65 Å². The van der Waals surface area contributed by atoms with Gasteiger partial charge in [0.1, 0.15) is 6.04 Å². The standard InChI is InChI=1S/C21H16ClN5O2/c1-11-19(28)18-15(6-7-23-18)17(25-11)13-8-16-20(24-9-13)26-21(29)27(16)10-12-2-4-14(22)5-3-12/h2-9,11,23H,10H2,1H3,(H,24,26,29). The minimum absolute atomic E-state index is 0.0379. The number of Topliss-reactive ketones (excluding diaryl/α,β-unsaturated/α-hetero) is 1. The fourth-order valence-corrected chi connectivity index (χ4v) is 3.75. The van der Waals surface area contributed by atoms with Gasteiger partial charge in [0.2, 0.25) is 5.78 Å². The van der Waals surface area contributed by atoms with Crippen LogP contribution in [0.5, 0.6) is 0 Å². The lowest BCUT2D eigenvalue weighted by Crippen LogP contribution is -2.26. The summed E-state index contributed by atoms with van der Waals surface area (Å²) in [6.45, 7) is 2.16. The number of ketones is 1. The molecule has 0 bridgehead atoms. The van der Waals surface area contributed by atoms with Crippen molar-refractivity contribution in [2.75, 3.05) is 0 Å². The van der Waals surface area contributed by atoms with Crippen molar-refractivity contribution in [2.24, 2.45) is 4.99 Å². The molecule has 4 heterocycles. The first-order valence-electron chi connectivity index (χ1n) is 9.14. The summed E-state index contributed by atoms with van der Waals surface area (Å²) >= 11 is 5.96. The molecule has 4 aromatic rings. The summed E-state index contributed by atoms with van der Waals surface area (Å²) in [4.78, 5) is 39.6. The molecule has 0 radical (unpaired) electrons. The van der Waals surface area contributed by atoms with Gasteiger partial charge >= 0.3 is 5.69 Å². The Morgan fingerprint density at radius 1 is 1.17 bits per heavy atom. The number of benzene rings is 1. The molecular formula is C21H16ClN5O2. The van der Waals surface area contributed by atoms with Crippen LogP contribution in [0.4, 0.5) is 0 Å². The number of aromatic nitrogens is 4. The van der Waals surface area contributed by atoms with Crippen molar-refractivity contribution >= 4 is 34.3 Å². The highest BCUT2D eigenvalue weighted by Crippen LogP contribution is 2.24. The zero-order valence-electron chi connectivity index (χ0n) is 15.4. The van der Waals surface area contributed by atoms with Gasteiger partial charge < -0.3 is 4.98 Å². The van der Waals surface area contributed by atoms with Crippen molar-refractivity contribution in [1.82, 2.24) is 19.5 Å². The molecule has 1 atom stereocenters. The quantitative estimate of drug-likeness (QED) is 0.548. The van der Waals surface area contributed by atoms with Gasteiger partial charge in [-0.2, -0.15) is 0 Å². The topological polar surface area (TPSA) is 95.9 Å². The summed E-state index contributed by atoms with van der Waals surface area (Å²) in [5, 5.41) is 0.644. The van der Waals surface area contributed by atoms with E-state index in [2.05, 4.69) is 19.9 Å². The van der Waals surface area contributed by atoms with Crippen LogP contribution < -0.4 is 5.69 Å². The van der Waals surface area contributed by atoms with Crippen LogP contribution in [-0.2, 0) is 6.54 Å². The number of carbonyl (C=O) groups excluding carboxylic acids is 1. The third-order valence-electron chi connectivity index (χ3n) is 5.11. The number of aromatic amines is 2. The Kier molecular flexibility index (Phi) is 3.99. The van der Waals surface area contributed by atoms with Gasteiger partial charge in [-0.1, -0.05) is 23.7 Å². The van der Waals surface area contributed by atoms with Crippen LogP contribution in [0.2, 0.25) is 5.02 Å². The molecule has 1 aliphatic heterocycles. The molecule has 144 valence electrons. The molecule has 0 amide bonds. The van der Waals surface area contributed by atoms with Crippen LogP contribution in [-0.4, -0.2) is 37.1 Å². The molecule has 0 fully saturated rings. The molecule has 29 heavy (non-hydrogen) atoms. The number of H-pyrrole nitrogens is 2. The van der Waals surface area contributed by atoms with Gasteiger partial charge in [-0.15, -0.1) is 0 Å². The zero-order chi connectivity index (χ0) is 20.1. The van der Waals surface area contributed by atoms with Crippen LogP contribution in [0.3, 0.4) is 0 Å². The van der Waals surface area contributed by atoms with Crippen LogP contribution in [0.25, 0.3) is 11.2 Å². The zero-order valence-corrected chi connectivity index (χ0v) is 16.2. The average molecular weight is 406 g/mol. The number of carbonyl (C=O) groups is 1. The van der Waals surface area contributed by atoms with E-state index in [9.17, 15) is 9.59 Å². The molecule has 8 heteroatoms. The number of nitrogens with zero attached hydrogens (tertiary/aromatic N) is 3. The number of imidazole rings is 1. The molecule has 1 aromatic carbocycles. The summed E-state index contributed by atoms with van der Waals surface area (Å²) in [5.74, 6) is -0.0379. The molecule has 0 spiro atoms. The first-order chi connectivity index (χ1) is 14.0. The highest BCUT2D eigenvalue weighted by atomic mass is 35.5. The maximum absolute atomic E-state index is 12.5. The number of hydrogen-bond acceptors (Lipinski definition) is 4. The third-order valence-corrected chi connectivity index (χ3v) is 5.36. The molecule has 7 nitrogen and oxygen atoms in total. The second kappa shape index (κ2) is 6.56. The average Bonchev–Trinajstić information content (AvgIpc) is 3.31. The number of hydrogen-bond donors (Lipinski definition) is 2. The summed E-state index contributed by atoms with van der Waals surface area (Å²) in [6, 6.07) is 10.6. The van der Waals surface area contributed by atoms with E-state index in [-0.39, 0.29) is 11.5 Å². The SMILES string of the molecule is CC1N=C(c2cnc3[nH]c(=O)n(Cc4ccc(Cl)cc4)c3c2)c2cc[nH]c2C1=O. The molecular weight excluding hydrogens is 390 g/mol.